The minimum Gasteiger partial charge on any atom is -0.497 e. The molecule has 0 saturated heterocycles. The third-order valence-corrected chi connectivity index (χ3v) is 5.28. The normalized spacial score (nSPS) is 12.5. The van der Waals surface area contributed by atoms with E-state index in [2.05, 4.69) is 5.32 Å². The first-order valence-corrected chi connectivity index (χ1v) is 11.1. The maximum absolute atomic E-state index is 12.8. The molecule has 2 atom stereocenters. The second kappa shape index (κ2) is 14.2. The van der Waals surface area contributed by atoms with Crippen molar-refractivity contribution in [1.82, 2.24) is 10.8 Å². The highest BCUT2D eigenvalue weighted by Crippen LogP contribution is 2.25. The lowest BCUT2D eigenvalue weighted by Gasteiger charge is -2.24. The van der Waals surface area contributed by atoms with Crippen LogP contribution in [0.4, 0.5) is 0 Å². The first kappa shape index (κ1) is 27.1. The molecule has 186 valence electrons. The van der Waals surface area contributed by atoms with E-state index in [1.54, 1.807) is 50.0 Å². The van der Waals surface area contributed by atoms with Gasteiger partial charge in [-0.1, -0.05) is 17.7 Å². The number of aryl methyl sites for hydroxylation is 1. The molecule has 3 N–H and O–H groups in total. The third kappa shape index (κ3) is 8.66. The molecule has 34 heavy (non-hydrogen) atoms. The Kier molecular flexibility index (Phi) is 11.3. The van der Waals surface area contributed by atoms with Gasteiger partial charge in [-0.15, -0.1) is 0 Å². The van der Waals surface area contributed by atoms with Crippen molar-refractivity contribution >= 4 is 11.8 Å². The predicted molar refractivity (Wildman–Crippen MR) is 126 cm³/mol. The van der Waals surface area contributed by atoms with Gasteiger partial charge in [0.25, 0.3) is 5.91 Å². The second-order valence-corrected chi connectivity index (χ2v) is 7.85. The molecule has 0 spiro atoms. The van der Waals surface area contributed by atoms with Crippen LogP contribution in [0.25, 0.3) is 0 Å². The zero-order valence-corrected chi connectivity index (χ0v) is 20.1. The number of methoxy groups -OCH3 is 2. The van der Waals surface area contributed by atoms with Crippen molar-refractivity contribution in [2.24, 2.45) is 5.92 Å². The quantitative estimate of drug-likeness (QED) is 0.167. The highest BCUT2D eigenvalue weighted by Gasteiger charge is 2.25. The van der Waals surface area contributed by atoms with Crippen LogP contribution in [-0.2, 0) is 20.7 Å². The van der Waals surface area contributed by atoms with Gasteiger partial charge in [-0.05, 0) is 56.5 Å². The summed E-state index contributed by atoms with van der Waals surface area (Å²) in [5.74, 6) is -0.346. The van der Waals surface area contributed by atoms with Crippen molar-refractivity contribution in [3.8, 4) is 11.5 Å². The molecule has 2 rings (SSSR count). The number of nitrogens with one attached hydrogen (secondary N) is 2. The van der Waals surface area contributed by atoms with Crippen LogP contribution < -0.4 is 20.3 Å². The number of ether oxygens (including phenoxy) is 4. The van der Waals surface area contributed by atoms with E-state index in [0.717, 1.165) is 11.1 Å². The van der Waals surface area contributed by atoms with Gasteiger partial charge in [-0.25, -0.2) is 5.48 Å². The SMILES string of the molecule is CCOCOCC(CC(Cc1cc(OC)cc(OC)c1)C(=O)NO)NC(=O)c1ccc(C)cc1. The number of benzene rings is 2. The number of hydrogen-bond acceptors (Lipinski definition) is 7. The Bertz CT molecular complexity index is 896. The molecule has 2 amide bonds. The summed E-state index contributed by atoms with van der Waals surface area (Å²) in [5.41, 5.74) is 4.06. The molecule has 2 aromatic rings. The zero-order valence-electron chi connectivity index (χ0n) is 20.1. The molecule has 0 heterocycles. The number of carbonyl (C=O) groups is 2. The van der Waals surface area contributed by atoms with Gasteiger partial charge < -0.3 is 24.3 Å². The van der Waals surface area contributed by atoms with E-state index in [4.69, 9.17) is 18.9 Å². The van der Waals surface area contributed by atoms with Gasteiger partial charge >= 0.3 is 0 Å². The molecule has 0 fully saturated rings. The van der Waals surface area contributed by atoms with Crippen LogP contribution in [0, 0.1) is 12.8 Å². The lowest BCUT2D eigenvalue weighted by Crippen LogP contribution is -2.42. The van der Waals surface area contributed by atoms with Gasteiger partial charge in [0, 0.05) is 24.2 Å². The Morgan fingerprint density at radius 3 is 2.21 bits per heavy atom. The van der Waals surface area contributed by atoms with Gasteiger partial charge in [0.15, 0.2) is 0 Å². The minimum atomic E-state index is -0.666. The summed E-state index contributed by atoms with van der Waals surface area (Å²) in [6.45, 7) is 4.49. The van der Waals surface area contributed by atoms with Crippen LogP contribution >= 0.6 is 0 Å². The van der Waals surface area contributed by atoms with Crippen molar-refractivity contribution in [3.63, 3.8) is 0 Å². The summed E-state index contributed by atoms with van der Waals surface area (Å²) in [4.78, 5) is 25.3. The fraction of sp³-hybridized carbons (Fsp3) is 0.440. The Morgan fingerprint density at radius 1 is 1.00 bits per heavy atom. The monoisotopic (exact) mass is 474 g/mol. The van der Waals surface area contributed by atoms with Crippen LogP contribution in [-0.4, -0.2) is 57.3 Å². The number of carbonyl (C=O) groups excluding carboxylic acids is 2. The maximum atomic E-state index is 12.8. The second-order valence-electron chi connectivity index (χ2n) is 7.85. The van der Waals surface area contributed by atoms with Crippen molar-refractivity contribution in [3.05, 3.63) is 59.2 Å². The van der Waals surface area contributed by atoms with Gasteiger partial charge in [-0.2, -0.15) is 0 Å². The lowest BCUT2D eigenvalue weighted by molar-refractivity contribution is -0.134. The van der Waals surface area contributed by atoms with Gasteiger partial charge in [-0.3, -0.25) is 14.8 Å². The molecule has 0 aliphatic rings. The topological polar surface area (TPSA) is 115 Å². The number of amides is 2. The summed E-state index contributed by atoms with van der Waals surface area (Å²) in [6.07, 6.45) is 0.498. The molecule has 0 aliphatic heterocycles. The van der Waals surface area contributed by atoms with Crippen molar-refractivity contribution < 1.29 is 33.7 Å². The van der Waals surface area contributed by atoms with Crippen molar-refractivity contribution in [1.29, 1.82) is 0 Å². The molecule has 2 aromatic carbocycles. The average molecular weight is 475 g/mol. The summed E-state index contributed by atoms with van der Waals surface area (Å²) < 4.78 is 21.4. The summed E-state index contributed by atoms with van der Waals surface area (Å²) in [5, 5.41) is 12.3. The first-order chi connectivity index (χ1) is 16.4. The van der Waals surface area contributed by atoms with E-state index in [0.29, 0.717) is 23.7 Å². The standard InChI is InChI=1S/C25H34N2O7/c1-5-33-16-34-15-21(26-24(28)19-8-6-17(2)7-9-19)13-20(25(29)27-30)10-18-11-22(31-3)14-23(12-18)32-4/h6-9,11-12,14,20-21,30H,5,10,13,15-16H2,1-4H3,(H,26,28)(H,27,29). The molecule has 9 nitrogen and oxygen atoms in total. The van der Waals surface area contributed by atoms with Crippen LogP contribution in [0.1, 0.15) is 34.8 Å². The molecule has 0 saturated carbocycles. The Labute approximate surface area is 200 Å². The van der Waals surface area contributed by atoms with Crippen molar-refractivity contribution in [2.45, 2.75) is 32.7 Å². The summed E-state index contributed by atoms with van der Waals surface area (Å²) in [6, 6.07) is 12.0. The summed E-state index contributed by atoms with van der Waals surface area (Å²) in [7, 11) is 3.09. The van der Waals surface area contributed by atoms with Gasteiger partial charge in [0.05, 0.1) is 26.9 Å². The van der Waals surface area contributed by atoms with E-state index < -0.39 is 17.9 Å². The summed E-state index contributed by atoms with van der Waals surface area (Å²) >= 11 is 0. The molecular formula is C25H34N2O7. The molecule has 0 aromatic heterocycles. The molecule has 0 bridgehead atoms. The highest BCUT2D eigenvalue weighted by atomic mass is 16.7. The predicted octanol–water partition coefficient (Wildman–Crippen LogP) is 2.88. The van der Waals surface area contributed by atoms with Crippen LogP contribution in [0.5, 0.6) is 11.5 Å². The number of rotatable bonds is 14. The third-order valence-electron chi connectivity index (χ3n) is 5.28. The van der Waals surface area contributed by atoms with E-state index in [1.807, 2.05) is 26.0 Å². The van der Waals surface area contributed by atoms with E-state index in [-0.39, 0.29) is 32.1 Å². The average Bonchev–Trinajstić information content (AvgIpc) is 2.85. The zero-order chi connectivity index (χ0) is 24.9. The maximum Gasteiger partial charge on any atom is 0.251 e. The lowest BCUT2D eigenvalue weighted by atomic mass is 9.91. The smallest absolute Gasteiger partial charge is 0.251 e. The molecular weight excluding hydrogens is 440 g/mol. The number of hydroxylamine groups is 1. The van der Waals surface area contributed by atoms with Gasteiger partial charge in [0.1, 0.15) is 18.3 Å². The van der Waals surface area contributed by atoms with E-state index >= 15 is 0 Å². The van der Waals surface area contributed by atoms with Crippen molar-refractivity contribution in [2.75, 3.05) is 34.2 Å². The van der Waals surface area contributed by atoms with Crippen LogP contribution in [0.2, 0.25) is 0 Å². The molecule has 0 aliphatic carbocycles. The van der Waals surface area contributed by atoms with Crippen LogP contribution in [0.15, 0.2) is 42.5 Å². The molecule has 2 unspecified atom stereocenters. The van der Waals surface area contributed by atoms with E-state index in [9.17, 15) is 14.8 Å². The fourth-order valence-corrected chi connectivity index (χ4v) is 3.46. The Hall–Kier alpha value is -3.14. The van der Waals surface area contributed by atoms with E-state index in [1.165, 1.54) is 0 Å². The highest BCUT2D eigenvalue weighted by molar-refractivity contribution is 5.94. The largest absolute Gasteiger partial charge is 0.497 e. The first-order valence-electron chi connectivity index (χ1n) is 11.1. The van der Waals surface area contributed by atoms with Crippen LogP contribution in [0.3, 0.4) is 0 Å². The molecule has 9 heteroatoms. The molecule has 0 radical (unpaired) electrons. The Morgan fingerprint density at radius 2 is 1.65 bits per heavy atom. The minimum absolute atomic E-state index is 0.0668. The Balaban J connectivity index is 2.20. The fourth-order valence-electron chi connectivity index (χ4n) is 3.46. The van der Waals surface area contributed by atoms with Gasteiger partial charge in [0.2, 0.25) is 5.91 Å². The number of hydrogen-bond donors (Lipinski definition) is 3.